The van der Waals surface area contributed by atoms with Crippen molar-refractivity contribution in [3.8, 4) is 0 Å². The molecular formula is C16H34N4O2. The third-order valence-electron chi connectivity index (χ3n) is 2.55. The van der Waals surface area contributed by atoms with Gasteiger partial charge in [0.2, 0.25) is 0 Å². The van der Waals surface area contributed by atoms with Crippen LogP contribution in [-0.2, 0) is 4.74 Å². The van der Waals surface area contributed by atoms with E-state index in [1.165, 1.54) is 0 Å². The highest BCUT2D eigenvalue weighted by Crippen LogP contribution is 2.10. The van der Waals surface area contributed by atoms with Gasteiger partial charge in [0.05, 0.1) is 6.54 Å². The van der Waals surface area contributed by atoms with Crippen molar-refractivity contribution in [3.05, 3.63) is 0 Å². The summed E-state index contributed by atoms with van der Waals surface area (Å²) in [7, 11) is 0. The summed E-state index contributed by atoms with van der Waals surface area (Å²) in [6.07, 6.45) is 0.624. The van der Waals surface area contributed by atoms with E-state index in [9.17, 15) is 4.79 Å². The SMILES string of the molecule is CCCN(CCN=C(NCC)NC(C)C)C(=O)OC(C)(C)C. The highest BCUT2D eigenvalue weighted by atomic mass is 16.6. The molecule has 0 fully saturated rings. The van der Waals surface area contributed by atoms with Crippen LogP contribution in [0.2, 0.25) is 0 Å². The molecule has 130 valence electrons. The third-order valence-corrected chi connectivity index (χ3v) is 2.55. The largest absolute Gasteiger partial charge is 0.444 e. The molecule has 0 atom stereocenters. The molecule has 6 heteroatoms. The Kier molecular flexibility index (Phi) is 9.61. The van der Waals surface area contributed by atoms with E-state index in [4.69, 9.17) is 4.74 Å². The number of amides is 1. The average molecular weight is 314 g/mol. The van der Waals surface area contributed by atoms with Crippen molar-refractivity contribution in [2.45, 2.75) is 66.5 Å². The molecule has 22 heavy (non-hydrogen) atoms. The van der Waals surface area contributed by atoms with Gasteiger partial charge in [-0.1, -0.05) is 6.92 Å². The van der Waals surface area contributed by atoms with Crippen LogP contribution in [-0.4, -0.2) is 54.8 Å². The second kappa shape index (κ2) is 10.3. The molecule has 2 N–H and O–H groups in total. The summed E-state index contributed by atoms with van der Waals surface area (Å²) in [6, 6.07) is 0.315. The van der Waals surface area contributed by atoms with Crippen LogP contribution in [0.3, 0.4) is 0 Å². The molecule has 6 nitrogen and oxygen atoms in total. The van der Waals surface area contributed by atoms with Crippen LogP contribution < -0.4 is 10.6 Å². The minimum absolute atomic E-state index is 0.272. The van der Waals surface area contributed by atoms with Gasteiger partial charge >= 0.3 is 6.09 Å². The van der Waals surface area contributed by atoms with Gasteiger partial charge in [0.15, 0.2) is 5.96 Å². The van der Waals surface area contributed by atoms with E-state index in [2.05, 4.69) is 29.5 Å². The van der Waals surface area contributed by atoms with Gasteiger partial charge in [-0.05, 0) is 48.0 Å². The zero-order valence-corrected chi connectivity index (χ0v) is 15.3. The molecule has 0 bridgehead atoms. The molecule has 1 amide bonds. The maximum atomic E-state index is 12.2. The van der Waals surface area contributed by atoms with Crippen LogP contribution >= 0.6 is 0 Å². The van der Waals surface area contributed by atoms with E-state index in [0.29, 0.717) is 25.7 Å². The molecule has 0 aromatic rings. The standard InChI is InChI=1S/C16H34N4O2/c1-8-11-20(15(21)22-16(5,6)7)12-10-18-14(17-9-2)19-13(3)4/h13H,8-12H2,1-7H3,(H2,17,18,19). The van der Waals surface area contributed by atoms with Crippen molar-refractivity contribution in [1.82, 2.24) is 15.5 Å². The highest BCUT2D eigenvalue weighted by molar-refractivity contribution is 5.80. The third kappa shape index (κ3) is 10.3. The van der Waals surface area contributed by atoms with E-state index in [1.807, 2.05) is 34.6 Å². The molecule has 0 rings (SSSR count). The first-order valence-corrected chi connectivity index (χ1v) is 8.22. The molecular weight excluding hydrogens is 280 g/mol. The number of hydrogen-bond donors (Lipinski definition) is 2. The fourth-order valence-electron chi connectivity index (χ4n) is 1.77. The first-order chi connectivity index (χ1) is 10.2. The monoisotopic (exact) mass is 314 g/mol. The van der Waals surface area contributed by atoms with Crippen LogP contribution in [0.4, 0.5) is 4.79 Å². The molecule has 0 radical (unpaired) electrons. The van der Waals surface area contributed by atoms with Gasteiger partial charge in [-0.3, -0.25) is 4.99 Å². The second-order valence-corrected chi connectivity index (χ2v) is 6.53. The summed E-state index contributed by atoms with van der Waals surface area (Å²) in [4.78, 5) is 18.4. The van der Waals surface area contributed by atoms with E-state index in [1.54, 1.807) is 4.90 Å². The summed E-state index contributed by atoms with van der Waals surface area (Å²) < 4.78 is 5.43. The van der Waals surface area contributed by atoms with Gasteiger partial charge < -0.3 is 20.3 Å². The lowest BCUT2D eigenvalue weighted by atomic mass is 10.2. The Hall–Kier alpha value is -1.46. The highest BCUT2D eigenvalue weighted by Gasteiger charge is 2.21. The lowest BCUT2D eigenvalue weighted by Crippen LogP contribution is -2.42. The van der Waals surface area contributed by atoms with Gasteiger partial charge in [-0.2, -0.15) is 0 Å². The molecule has 0 saturated heterocycles. The number of nitrogens with one attached hydrogen (secondary N) is 2. The van der Waals surface area contributed by atoms with Gasteiger partial charge in [-0.15, -0.1) is 0 Å². The fourth-order valence-corrected chi connectivity index (χ4v) is 1.77. The predicted octanol–water partition coefficient (Wildman–Crippen LogP) is 2.60. The Balaban J connectivity index is 4.58. The first kappa shape index (κ1) is 20.5. The van der Waals surface area contributed by atoms with Gasteiger partial charge in [0, 0.05) is 25.7 Å². The number of aliphatic imine (C=N–C) groups is 1. The van der Waals surface area contributed by atoms with Gasteiger partial charge in [0.25, 0.3) is 0 Å². The van der Waals surface area contributed by atoms with Crippen LogP contribution in [0.5, 0.6) is 0 Å². The molecule has 0 saturated carbocycles. The van der Waals surface area contributed by atoms with Crippen molar-refractivity contribution in [2.75, 3.05) is 26.2 Å². The lowest BCUT2D eigenvalue weighted by Gasteiger charge is -2.27. The smallest absolute Gasteiger partial charge is 0.410 e. The number of rotatable bonds is 7. The van der Waals surface area contributed by atoms with Crippen LogP contribution in [0.15, 0.2) is 4.99 Å². The maximum absolute atomic E-state index is 12.2. The quantitative estimate of drug-likeness (QED) is 0.560. The van der Waals surface area contributed by atoms with E-state index >= 15 is 0 Å². The normalized spacial score (nSPS) is 12.3. The minimum atomic E-state index is -0.472. The predicted molar refractivity (Wildman–Crippen MR) is 92.3 cm³/mol. The van der Waals surface area contributed by atoms with Crippen molar-refractivity contribution in [1.29, 1.82) is 0 Å². The first-order valence-electron chi connectivity index (χ1n) is 8.22. The number of hydrogen-bond acceptors (Lipinski definition) is 3. The Morgan fingerprint density at radius 2 is 1.86 bits per heavy atom. The topological polar surface area (TPSA) is 66.0 Å². The van der Waals surface area contributed by atoms with Crippen molar-refractivity contribution in [2.24, 2.45) is 4.99 Å². The Bertz CT molecular complexity index is 349. The summed E-state index contributed by atoms with van der Waals surface area (Å²) in [6.45, 7) is 16.4. The van der Waals surface area contributed by atoms with Crippen LogP contribution in [0.1, 0.15) is 54.9 Å². The summed E-state index contributed by atoms with van der Waals surface area (Å²) >= 11 is 0. The molecule has 0 aliphatic rings. The van der Waals surface area contributed by atoms with Gasteiger partial charge in [0.1, 0.15) is 5.60 Å². The van der Waals surface area contributed by atoms with E-state index < -0.39 is 5.60 Å². The average Bonchev–Trinajstić information content (AvgIpc) is 2.35. The zero-order chi connectivity index (χ0) is 17.2. The molecule has 0 aromatic heterocycles. The van der Waals surface area contributed by atoms with E-state index in [0.717, 1.165) is 18.9 Å². The minimum Gasteiger partial charge on any atom is -0.444 e. The number of nitrogens with zero attached hydrogens (tertiary/aromatic N) is 2. The number of ether oxygens (including phenoxy) is 1. The van der Waals surface area contributed by atoms with Gasteiger partial charge in [-0.25, -0.2) is 4.79 Å². The number of carbonyl (C=O) groups excluding carboxylic acids is 1. The Morgan fingerprint density at radius 1 is 1.23 bits per heavy atom. The lowest BCUT2D eigenvalue weighted by molar-refractivity contribution is 0.0256. The van der Waals surface area contributed by atoms with Crippen molar-refractivity contribution < 1.29 is 9.53 Å². The molecule has 0 spiro atoms. The summed E-state index contributed by atoms with van der Waals surface area (Å²) in [5.41, 5.74) is -0.472. The summed E-state index contributed by atoms with van der Waals surface area (Å²) in [5, 5.41) is 6.45. The molecule has 0 aliphatic carbocycles. The van der Waals surface area contributed by atoms with E-state index in [-0.39, 0.29) is 6.09 Å². The molecule has 0 heterocycles. The number of guanidine groups is 1. The summed E-state index contributed by atoms with van der Waals surface area (Å²) in [5.74, 6) is 0.776. The Morgan fingerprint density at radius 3 is 2.32 bits per heavy atom. The molecule has 0 unspecified atom stereocenters. The zero-order valence-electron chi connectivity index (χ0n) is 15.3. The Labute approximate surface area is 135 Å². The number of carbonyl (C=O) groups is 1. The molecule has 0 aromatic carbocycles. The fraction of sp³-hybridized carbons (Fsp3) is 0.875. The molecule has 0 aliphatic heterocycles. The van der Waals surface area contributed by atoms with Crippen molar-refractivity contribution in [3.63, 3.8) is 0 Å². The maximum Gasteiger partial charge on any atom is 0.410 e. The van der Waals surface area contributed by atoms with Crippen molar-refractivity contribution >= 4 is 12.1 Å². The van der Waals surface area contributed by atoms with Crippen LogP contribution in [0.25, 0.3) is 0 Å². The van der Waals surface area contributed by atoms with Crippen LogP contribution in [0, 0.1) is 0 Å². The second-order valence-electron chi connectivity index (χ2n) is 6.53.